The minimum atomic E-state index is -0.653. The van der Waals surface area contributed by atoms with Gasteiger partial charge in [-0.3, -0.25) is 9.69 Å². The van der Waals surface area contributed by atoms with Crippen molar-refractivity contribution in [2.24, 2.45) is 5.92 Å². The molecule has 128 valence electrons. The van der Waals surface area contributed by atoms with Gasteiger partial charge in [0.1, 0.15) is 17.5 Å². The van der Waals surface area contributed by atoms with Crippen molar-refractivity contribution < 1.29 is 13.6 Å². The molecule has 1 aliphatic heterocycles. The van der Waals surface area contributed by atoms with Crippen molar-refractivity contribution in [2.45, 2.75) is 32.9 Å². The van der Waals surface area contributed by atoms with Crippen molar-refractivity contribution in [1.29, 1.82) is 0 Å². The van der Waals surface area contributed by atoms with Crippen LogP contribution in [0.25, 0.3) is 0 Å². The number of aryl methyl sites for hydroxylation is 1. The van der Waals surface area contributed by atoms with E-state index >= 15 is 0 Å². The van der Waals surface area contributed by atoms with Gasteiger partial charge in [-0.05, 0) is 44.5 Å². The summed E-state index contributed by atoms with van der Waals surface area (Å²) >= 11 is 0. The number of imidazole rings is 1. The lowest BCUT2D eigenvalue weighted by Crippen LogP contribution is -2.39. The Labute approximate surface area is 140 Å². The molecular weight excluding hydrogens is 312 g/mol. The number of piperidine rings is 1. The van der Waals surface area contributed by atoms with E-state index < -0.39 is 11.6 Å². The van der Waals surface area contributed by atoms with Crippen LogP contribution in [0, 0.1) is 17.6 Å². The Morgan fingerprint density at radius 1 is 1.38 bits per heavy atom. The first kappa shape index (κ1) is 16.8. The number of rotatable bonds is 5. The van der Waals surface area contributed by atoms with Crippen LogP contribution in [-0.2, 0) is 13.1 Å². The molecule has 1 aliphatic rings. The van der Waals surface area contributed by atoms with E-state index in [9.17, 15) is 13.6 Å². The molecule has 1 unspecified atom stereocenters. The van der Waals surface area contributed by atoms with Crippen LogP contribution in [-0.4, -0.2) is 33.3 Å². The maximum absolute atomic E-state index is 13.9. The van der Waals surface area contributed by atoms with Gasteiger partial charge in [0.2, 0.25) is 0 Å². The Kier molecular flexibility index (Phi) is 5.04. The van der Waals surface area contributed by atoms with Gasteiger partial charge >= 0.3 is 0 Å². The first-order valence-electron chi connectivity index (χ1n) is 8.30. The smallest absolute Gasteiger partial charge is 0.170 e. The fraction of sp³-hybridized carbons (Fsp3) is 0.444. The van der Waals surface area contributed by atoms with Crippen LogP contribution in [0.4, 0.5) is 8.78 Å². The first-order valence-corrected chi connectivity index (χ1v) is 8.30. The molecule has 0 bridgehead atoms. The van der Waals surface area contributed by atoms with E-state index in [1.807, 2.05) is 6.20 Å². The fourth-order valence-electron chi connectivity index (χ4n) is 3.30. The van der Waals surface area contributed by atoms with Gasteiger partial charge < -0.3 is 4.57 Å². The van der Waals surface area contributed by atoms with Crippen molar-refractivity contribution in [3.63, 3.8) is 0 Å². The number of hydrogen-bond donors (Lipinski definition) is 0. The van der Waals surface area contributed by atoms with Gasteiger partial charge in [-0.25, -0.2) is 13.8 Å². The lowest BCUT2D eigenvalue weighted by atomic mass is 9.89. The number of Topliss-reactive ketones (excluding diaryl/α,β-unsaturated/α-hetero) is 1. The molecule has 2 aromatic rings. The van der Waals surface area contributed by atoms with Gasteiger partial charge in [-0.2, -0.15) is 0 Å². The molecule has 0 spiro atoms. The molecule has 3 rings (SSSR count). The molecular formula is C18H21F2N3O. The molecule has 24 heavy (non-hydrogen) atoms. The van der Waals surface area contributed by atoms with Crippen LogP contribution >= 0.6 is 0 Å². The highest BCUT2D eigenvalue weighted by Crippen LogP contribution is 2.24. The molecule has 1 fully saturated rings. The van der Waals surface area contributed by atoms with E-state index in [0.29, 0.717) is 19.5 Å². The van der Waals surface area contributed by atoms with E-state index in [4.69, 9.17) is 0 Å². The molecule has 1 saturated heterocycles. The second-order valence-electron chi connectivity index (χ2n) is 6.19. The molecule has 0 radical (unpaired) electrons. The number of ketones is 1. The summed E-state index contributed by atoms with van der Waals surface area (Å²) in [5.41, 5.74) is -0.142. The van der Waals surface area contributed by atoms with Crippen molar-refractivity contribution in [3.8, 4) is 0 Å². The van der Waals surface area contributed by atoms with E-state index in [1.165, 1.54) is 0 Å². The zero-order valence-corrected chi connectivity index (χ0v) is 13.7. The topological polar surface area (TPSA) is 38.1 Å². The van der Waals surface area contributed by atoms with Crippen LogP contribution < -0.4 is 0 Å². The Morgan fingerprint density at radius 3 is 3.00 bits per heavy atom. The van der Waals surface area contributed by atoms with Crippen LogP contribution in [0.5, 0.6) is 0 Å². The second kappa shape index (κ2) is 7.21. The number of hydrogen-bond acceptors (Lipinski definition) is 3. The van der Waals surface area contributed by atoms with Gasteiger partial charge in [0.25, 0.3) is 0 Å². The van der Waals surface area contributed by atoms with Crippen LogP contribution in [0.15, 0.2) is 30.6 Å². The average Bonchev–Trinajstić information content (AvgIpc) is 3.04. The molecule has 0 N–H and O–H groups in total. The van der Waals surface area contributed by atoms with Gasteiger partial charge in [-0.15, -0.1) is 0 Å². The van der Waals surface area contributed by atoms with Crippen molar-refractivity contribution in [2.75, 3.05) is 13.1 Å². The minimum Gasteiger partial charge on any atom is -0.334 e. The third-order valence-corrected chi connectivity index (χ3v) is 4.58. The molecule has 1 aromatic heterocycles. The highest BCUT2D eigenvalue weighted by atomic mass is 19.1. The Morgan fingerprint density at radius 2 is 2.21 bits per heavy atom. The Balaban J connectivity index is 1.71. The number of nitrogens with zero attached hydrogens (tertiary/aromatic N) is 3. The maximum atomic E-state index is 13.9. The van der Waals surface area contributed by atoms with E-state index in [2.05, 4.69) is 21.4 Å². The predicted octanol–water partition coefficient (Wildman–Crippen LogP) is 3.28. The molecule has 1 aromatic carbocycles. The third kappa shape index (κ3) is 3.53. The molecule has 1 atom stereocenters. The largest absolute Gasteiger partial charge is 0.334 e. The molecule has 6 heteroatoms. The number of carbonyl (C=O) groups is 1. The quantitative estimate of drug-likeness (QED) is 0.788. The van der Waals surface area contributed by atoms with Gasteiger partial charge in [0.15, 0.2) is 5.78 Å². The lowest BCUT2D eigenvalue weighted by Gasteiger charge is -2.31. The number of benzene rings is 1. The molecule has 0 saturated carbocycles. The molecule has 2 heterocycles. The van der Waals surface area contributed by atoms with Gasteiger partial charge in [0, 0.05) is 31.4 Å². The number of halogens is 2. The standard InChI is InChI=1S/C18H21F2N3O/c1-2-23-9-7-21-17(23)12-22-8-3-4-13(11-22)18(24)15-10-14(19)5-6-16(15)20/h5-7,9-10,13H,2-4,8,11-12H2,1H3. The second-order valence-corrected chi connectivity index (χ2v) is 6.19. The Bertz CT molecular complexity index is 729. The summed E-state index contributed by atoms with van der Waals surface area (Å²) < 4.78 is 29.3. The first-order chi connectivity index (χ1) is 11.6. The minimum absolute atomic E-state index is 0.142. The summed E-state index contributed by atoms with van der Waals surface area (Å²) in [4.78, 5) is 19.1. The third-order valence-electron chi connectivity index (χ3n) is 4.58. The summed E-state index contributed by atoms with van der Waals surface area (Å²) in [7, 11) is 0. The average molecular weight is 333 g/mol. The normalized spacial score (nSPS) is 18.7. The van der Waals surface area contributed by atoms with Gasteiger partial charge in [0.05, 0.1) is 12.1 Å². The number of likely N-dealkylation sites (tertiary alicyclic amines) is 1. The van der Waals surface area contributed by atoms with Crippen LogP contribution in [0.1, 0.15) is 35.9 Å². The number of aromatic nitrogens is 2. The predicted molar refractivity (Wildman–Crippen MR) is 86.6 cm³/mol. The van der Waals surface area contributed by atoms with Crippen molar-refractivity contribution in [3.05, 3.63) is 53.6 Å². The SMILES string of the molecule is CCn1ccnc1CN1CCCC(C(=O)c2cc(F)ccc2F)C1. The van der Waals surface area contributed by atoms with Crippen LogP contribution in [0.2, 0.25) is 0 Å². The van der Waals surface area contributed by atoms with E-state index in [1.54, 1.807) is 6.20 Å². The van der Waals surface area contributed by atoms with Gasteiger partial charge in [-0.1, -0.05) is 0 Å². The number of carbonyl (C=O) groups excluding carboxylic acids is 1. The highest BCUT2D eigenvalue weighted by molar-refractivity contribution is 5.98. The summed E-state index contributed by atoms with van der Waals surface area (Å²) in [5.74, 6) is -0.893. The van der Waals surface area contributed by atoms with E-state index in [-0.39, 0.29) is 17.3 Å². The molecule has 0 aliphatic carbocycles. The summed E-state index contributed by atoms with van der Waals surface area (Å²) in [5, 5.41) is 0. The monoisotopic (exact) mass is 333 g/mol. The van der Waals surface area contributed by atoms with Crippen molar-refractivity contribution >= 4 is 5.78 Å². The zero-order valence-electron chi connectivity index (χ0n) is 13.7. The van der Waals surface area contributed by atoms with E-state index in [0.717, 1.165) is 43.5 Å². The summed E-state index contributed by atoms with van der Waals surface area (Å²) in [6, 6.07) is 3.05. The summed E-state index contributed by atoms with van der Waals surface area (Å²) in [6.07, 6.45) is 5.27. The zero-order chi connectivity index (χ0) is 17.1. The highest BCUT2D eigenvalue weighted by Gasteiger charge is 2.28. The molecule has 0 amide bonds. The lowest BCUT2D eigenvalue weighted by molar-refractivity contribution is 0.0802. The van der Waals surface area contributed by atoms with Crippen molar-refractivity contribution in [1.82, 2.24) is 14.5 Å². The maximum Gasteiger partial charge on any atom is 0.170 e. The fourth-order valence-corrected chi connectivity index (χ4v) is 3.30. The Hall–Kier alpha value is -2.08. The van der Waals surface area contributed by atoms with Crippen LogP contribution in [0.3, 0.4) is 0 Å². The molecule has 4 nitrogen and oxygen atoms in total. The summed E-state index contributed by atoms with van der Waals surface area (Å²) in [6.45, 7) is 4.99.